The molecule has 0 saturated heterocycles. The second kappa shape index (κ2) is 5.68. The van der Waals surface area contributed by atoms with Crippen molar-refractivity contribution in [2.45, 2.75) is 52.6 Å². The molecule has 1 aromatic carbocycles. The van der Waals surface area contributed by atoms with Crippen LogP contribution in [0.3, 0.4) is 0 Å². The average molecular weight is 231 g/mol. The van der Waals surface area contributed by atoms with Gasteiger partial charge < -0.3 is 5.32 Å². The normalized spacial score (nSPS) is 29.2. The highest BCUT2D eigenvalue weighted by molar-refractivity contribution is 5.21. The molecule has 0 spiro atoms. The molecule has 0 heterocycles. The maximum atomic E-state index is 3.74. The van der Waals surface area contributed by atoms with E-state index in [1.165, 1.54) is 30.4 Å². The predicted octanol–water partition coefficient (Wildman–Crippen LogP) is 3.91. The van der Waals surface area contributed by atoms with Crippen LogP contribution in [0.2, 0.25) is 0 Å². The van der Waals surface area contributed by atoms with Gasteiger partial charge in [0.1, 0.15) is 0 Å². The first kappa shape index (κ1) is 12.6. The molecule has 17 heavy (non-hydrogen) atoms. The summed E-state index contributed by atoms with van der Waals surface area (Å²) in [4.78, 5) is 0. The Labute approximate surface area is 106 Å². The summed E-state index contributed by atoms with van der Waals surface area (Å²) in [5.74, 6) is 1.69. The first-order valence-corrected chi connectivity index (χ1v) is 6.96. The number of hydrogen-bond acceptors (Lipinski definition) is 1. The molecule has 0 aliphatic heterocycles. The minimum atomic E-state index is 0.708. The standard InChI is InChI=1S/C16H25N/c1-12-7-9-15(10-8-12)11-17-16-6-4-5-13(2)14(16)3/h7-10,13-14,16-17H,4-6,11H2,1-3H3/t13-,14-,16+/m1/s1. The second-order valence-electron chi connectivity index (χ2n) is 5.74. The Hall–Kier alpha value is -0.820. The SMILES string of the molecule is Cc1ccc(CN[C@H]2CCC[C@@H](C)[C@H]2C)cc1. The number of rotatable bonds is 3. The third-order valence-corrected chi connectivity index (χ3v) is 4.40. The first-order valence-electron chi connectivity index (χ1n) is 6.96. The molecule has 0 aromatic heterocycles. The molecule has 1 N–H and O–H groups in total. The summed E-state index contributed by atoms with van der Waals surface area (Å²) in [6.07, 6.45) is 4.14. The molecule has 1 heteroatoms. The molecule has 1 fully saturated rings. The van der Waals surface area contributed by atoms with E-state index >= 15 is 0 Å². The second-order valence-corrected chi connectivity index (χ2v) is 5.74. The van der Waals surface area contributed by atoms with Gasteiger partial charge in [-0.3, -0.25) is 0 Å². The zero-order valence-electron chi connectivity index (χ0n) is 11.4. The number of benzene rings is 1. The van der Waals surface area contributed by atoms with E-state index in [9.17, 15) is 0 Å². The zero-order valence-corrected chi connectivity index (χ0v) is 11.4. The summed E-state index contributed by atoms with van der Waals surface area (Å²) < 4.78 is 0. The number of hydrogen-bond donors (Lipinski definition) is 1. The zero-order chi connectivity index (χ0) is 12.3. The molecule has 94 valence electrons. The Morgan fingerprint density at radius 3 is 2.53 bits per heavy atom. The summed E-state index contributed by atoms with van der Waals surface area (Å²) in [5.41, 5.74) is 2.74. The molecule has 2 rings (SSSR count). The van der Waals surface area contributed by atoms with E-state index in [1.807, 2.05) is 0 Å². The molecule has 0 bridgehead atoms. The van der Waals surface area contributed by atoms with E-state index < -0.39 is 0 Å². The van der Waals surface area contributed by atoms with E-state index in [2.05, 4.69) is 50.4 Å². The third kappa shape index (κ3) is 3.32. The molecule has 1 aliphatic carbocycles. The van der Waals surface area contributed by atoms with Crippen LogP contribution < -0.4 is 5.32 Å². The third-order valence-electron chi connectivity index (χ3n) is 4.40. The lowest BCUT2D eigenvalue weighted by Crippen LogP contribution is -2.40. The van der Waals surface area contributed by atoms with Crippen molar-refractivity contribution < 1.29 is 0 Å². The van der Waals surface area contributed by atoms with Gasteiger partial charge in [-0.05, 0) is 30.7 Å². The molecule has 0 unspecified atom stereocenters. The van der Waals surface area contributed by atoms with Crippen LogP contribution in [0.15, 0.2) is 24.3 Å². The maximum absolute atomic E-state index is 3.74. The molecule has 1 aromatic rings. The maximum Gasteiger partial charge on any atom is 0.0208 e. The summed E-state index contributed by atoms with van der Waals surface area (Å²) in [6.45, 7) is 7.95. The van der Waals surface area contributed by atoms with Gasteiger partial charge in [0.2, 0.25) is 0 Å². The lowest BCUT2D eigenvalue weighted by molar-refractivity contribution is 0.206. The highest BCUT2D eigenvalue weighted by Crippen LogP contribution is 2.29. The summed E-state index contributed by atoms with van der Waals surface area (Å²) in [5, 5.41) is 3.74. The van der Waals surface area contributed by atoms with Gasteiger partial charge in [-0.25, -0.2) is 0 Å². The molecular formula is C16H25N. The average Bonchev–Trinajstić information content (AvgIpc) is 2.33. The Bertz CT molecular complexity index is 341. The van der Waals surface area contributed by atoms with E-state index in [0.717, 1.165) is 18.4 Å². The van der Waals surface area contributed by atoms with Crippen LogP contribution in [0, 0.1) is 18.8 Å². The Balaban J connectivity index is 1.87. The Morgan fingerprint density at radius 2 is 1.82 bits per heavy atom. The van der Waals surface area contributed by atoms with Gasteiger partial charge >= 0.3 is 0 Å². The quantitative estimate of drug-likeness (QED) is 0.831. The first-order chi connectivity index (χ1) is 8.16. The van der Waals surface area contributed by atoms with Gasteiger partial charge in [0, 0.05) is 12.6 Å². The number of nitrogens with one attached hydrogen (secondary N) is 1. The van der Waals surface area contributed by atoms with Crippen LogP contribution in [-0.2, 0) is 6.54 Å². The van der Waals surface area contributed by atoms with Crippen molar-refractivity contribution in [3.63, 3.8) is 0 Å². The van der Waals surface area contributed by atoms with E-state index in [-0.39, 0.29) is 0 Å². The molecular weight excluding hydrogens is 206 g/mol. The molecule has 1 saturated carbocycles. The molecule has 1 nitrogen and oxygen atoms in total. The fourth-order valence-corrected chi connectivity index (χ4v) is 2.82. The topological polar surface area (TPSA) is 12.0 Å². The van der Waals surface area contributed by atoms with E-state index in [1.54, 1.807) is 0 Å². The van der Waals surface area contributed by atoms with Crippen LogP contribution >= 0.6 is 0 Å². The van der Waals surface area contributed by atoms with Gasteiger partial charge in [-0.1, -0.05) is 56.5 Å². The van der Waals surface area contributed by atoms with Crippen molar-refractivity contribution in [1.29, 1.82) is 0 Å². The summed E-state index contributed by atoms with van der Waals surface area (Å²) >= 11 is 0. The van der Waals surface area contributed by atoms with Gasteiger partial charge in [0.25, 0.3) is 0 Å². The van der Waals surface area contributed by atoms with E-state index in [4.69, 9.17) is 0 Å². The van der Waals surface area contributed by atoms with Gasteiger partial charge in [0.05, 0.1) is 0 Å². The Kier molecular flexibility index (Phi) is 4.22. The monoisotopic (exact) mass is 231 g/mol. The van der Waals surface area contributed by atoms with Crippen molar-refractivity contribution in [2.75, 3.05) is 0 Å². The van der Waals surface area contributed by atoms with Crippen molar-refractivity contribution >= 4 is 0 Å². The fourth-order valence-electron chi connectivity index (χ4n) is 2.82. The van der Waals surface area contributed by atoms with Gasteiger partial charge in [0.15, 0.2) is 0 Å². The molecule has 0 amide bonds. The highest BCUT2D eigenvalue weighted by Gasteiger charge is 2.26. The largest absolute Gasteiger partial charge is 0.310 e. The van der Waals surface area contributed by atoms with Crippen LogP contribution in [-0.4, -0.2) is 6.04 Å². The Morgan fingerprint density at radius 1 is 1.12 bits per heavy atom. The predicted molar refractivity (Wildman–Crippen MR) is 74.0 cm³/mol. The minimum absolute atomic E-state index is 0.708. The van der Waals surface area contributed by atoms with E-state index in [0.29, 0.717) is 6.04 Å². The van der Waals surface area contributed by atoms with Gasteiger partial charge in [-0.15, -0.1) is 0 Å². The van der Waals surface area contributed by atoms with Crippen molar-refractivity contribution in [2.24, 2.45) is 11.8 Å². The van der Waals surface area contributed by atoms with Crippen molar-refractivity contribution in [3.8, 4) is 0 Å². The van der Waals surface area contributed by atoms with Crippen molar-refractivity contribution in [1.82, 2.24) is 5.32 Å². The van der Waals surface area contributed by atoms with Crippen LogP contribution in [0.1, 0.15) is 44.2 Å². The fraction of sp³-hybridized carbons (Fsp3) is 0.625. The molecule has 1 aliphatic rings. The lowest BCUT2D eigenvalue weighted by Gasteiger charge is -2.34. The minimum Gasteiger partial charge on any atom is -0.310 e. The smallest absolute Gasteiger partial charge is 0.0208 e. The molecule has 3 atom stereocenters. The summed E-state index contributed by atoms with van der Waals surface area (Å²) in [6, 6.07) is 9.58. The molecule has 0 radical (unpaired) electrons. The van der Waals surface area contributed by atoms with Crippen LogP contribution in [0.25, 0.3) is 0 Å². The number of aryl methyl sites for hydroxylation is 1. The van der Waals surface area contributed by atoms with Crippen LogP contribution in [0.5, 0.6) is 0 Å². The highest BCUT2D eigenvalue weighted by atomic mass is 14.9. The lowest BCUT2D eigenvalue weighted by atomic mass is 9.78. The van der Waals surface area contributed by atoms with Crippen molar-refractivity contribution in [3.05, 3.63) is 35.4 Å². The summed E-state index contributed by atoms with van der Waals surface area (Å²) in [7, 11) is 0. The van der Waals surface area contributed by atoms with Crippen LogP contribution in [0.4, 0.5) is 0 Å². The van der Waals surface area contributed by atoms with Gasteiger partial charge in [-0.2, -0.15) is 0 Å².